The monoisotopic (exact) mass is 186 g/mol. The minimum atomic E-state index is 0.192. The largest absolute Gasteiger partial charge is 0.307 e. The van der Waals surface area contributed by atoms with Crippen LogP contribution in [0.1, 0.15) is 40.5 Å². The molecule has 0 amide bonds. The van der Waals surface area contributed by atoms with Crippen LogP contribution in [-0.4, -0.2) is 24.2 Å². The van der Waals surface area contributed by atoms with Gasteiger partial charge in [-0.25, -0.2) is 0 Å². The van der Waals surface area contributed by atoms with Gasteiger partial charge in [-0.3, -0.25) is 0 Å². The molecule has 3 nitrogen and oxygen atoms in total. The lowest BCUT2D eigenvalue weighted by molar-refractivity contribution is 0.0166. The first-order chi connectivity index (χ1) is 5.85. The van der Waals surface area contributed by atoms with Crippen molar-refractivity contribution >= 4 is 0 Å². The fourth-order valence-corrected chi connectivity index (χ4v) is 2.57. The molecule has 1 heterocycles. The lowest BCUT2D eigenvalue weighted by Crippen LogP contribution is -2.61. The van der Waals surface area contributed by atoms with Gasteiger partial charge in [0.15, 0.2) is 0 Å². The van der Waals surface area contributed by atoms with Gasteiger partial charge in [-0.2, -0.15) is 5.48 Å². The highest BCUT2D eigenvalue weighted by Gasteiger charge is 2.37. The summed E-state index contributed by atoms with van der Waals surface area (Å²) in [5.74, 6) is 0. The second-order valence-electron chi connectivity index (χ2n) is 5.32. The molecular weight excluding hydrogens is 164 g/mol. The summed E-state index contributed by atoms with van der Waals surface area (Å²) < 4.78 is 0. The molecule has 1 aliphatic rings. The number of piperidine rings is 1. The van der Waals surface area contributed by atoms with Gasteiger partial charge in [0.25, 0.3) is 0 Å². The first-order valence-electron chi connectivity index (χ1n) is 4.92. The van der Waals surface area contributed by atoms with E-state index in [4.69, 9.17) is 4.84 Å². The van der Waals surface area contributed by atoms with Crippen molar-refractivity contribution in [3.05, 3.63) is 0 Å². The third-order valence-corrected chi connectivity index (χ3v) is 2.47. The highest BCUT2D eigenvalue weighted by atomic mass is 16.6. The van der Waals surface area contributed by atoms with E-state index in [1.54, 1.807) is 7.11 Å². The van der Waals surface area contributed by atoms with Gasteiger partial charge in [-0.1, -0.05) is 0 Å². The molecule has 78 valence electrons. The van der Waals surface area contributed by atoms with E-state index in [1.165, 1.54) is 0 Å². The normalized spacial score (nSPS) is 27.5. The molecule has 1 saturated heterocycles. The molecule has 1 rings (SSSR count). The van der Waals surface area contributed by atoms with Crippen molar-refractivity contribution in [1.82, 2.24) is 10.8 Å². The van der Waals surface area contributed by atoms with E-state index in [1.807, 2.05) is 0 Å². The Balaban J connectivity index is 2.61. The molecular formula is C10H22N2O. The first kappa shape index (κ1) is 11.0. The zero-order valence-electron chi connectivity index (χ0n) is 9.40. The second kappa shape index (κ2) is 3.56. The smallest absolute Gasteiger partial charge is 0.0572 e. The molecule has 0 saturated carbocycles. The molecule has 0 aromatic heterocycles. The minimum absolute atomic E-state index is 0.192. The maximum Gasteiger partial charge on any atom is 0.0572 e. The molecule has 1 fully saturated rings. The Morgan fingerprint density at radius 3 is 2.00 bits per heavy atom. The van der Waals surface area contributed by atoms with E-state index < -0.39 is 0 Å². The zero-order valence-corrected chi connectivity index (χ0v) is 9.40. The summed E-state index contributed by atoms with van der Waals surface area (Å²) in [7, 11) is 1.68. The van der Waals surface area contributed by atoms with Crippen LogP contribution >= 0.6 is 0 Å². The van der Waals surface area contributed by atoms with Crippen molar-refractivity contribution in [2.24, 2.45) is 0 Å². The highest BCUT2D eigenvalue weighted by molar-refractivity contribution is 4.98. The van der Waals surface area contributed by atoms with Crippen molar-refractivity contribution in [2.75, 3.05) is 7.11 Å². The van der Waals surface area contributed by atoms with Crippen LogP contribution in [-0.2, 0) is 4.84 Å². The van der Waals surface area contributed by atoms with Gasteiger partial charge in [0, 0.05) is 17.1 Å². The van der Waals surface area contributed by atoms with Gasteiger partial charge in [0.2, 0.25) is 0 Å². The Kier molecular flexibility index (Phi) is 3.00. The molecule has 0 radical (unpaired) electrons. The summed E-state index contributed by atoms with van der Waals surface area (Å²) in [6.45, 7) is 8.94. The van der Waals surface area contributed by atoms with Crippen molar-refractivity contribution in [3.63, 3.8) is 0 Å². The van der Waals surface area contributed by atoms with Crippen LogP contribution in [0.25, 0.3) is 0 Å². The van der Waals surface area contributed by atoms with Crippen LogP contribution in [0, 0.1) is 0 Å². The Morgan fingerprint density at radius 1 is 1.15 bits per heavy atom. The summed E-state index contributed by atoms with van der Waals surface area (Å²) in [4.78, 5) is 4.99. The minimum Gasteiger partial charge on any atom is -0.307 e. The van der Waals surface area contributed by atoms with Crippen molar-refractivity contribution in [3.8, 4) is 0 Å². The van der Waals surface area contributed by atoms with Gasteiger partial charge in [-0.15, -0.1) is 0 Å². The Labute approximate surface area is 81.2 Å². The number of rotatable bonds is 2. The number of nitrogens with one attached hydrogen (secondary N) is 2. The average Bonchev–Trinajstić information content (AvgIpc) is 1.78. The molecule has 13 heavy (non-hydrogen) atoms. The maximum absolute atomic E-state index is 4.99. The van der Waals surface area contributed by atoms with Crippen LogP contribution in [0.2, 0.25) is 0 Å². The molecule has 0 atom stereocenters. The topological polar surface area (TPSA) is 33.3 Å². The molecule has 0 aromatic rings. The lowest BCUT2D eigenvalue weighted by Gasteiger charge is -2.46. The molecule has 1 aliphatic heterocycles. The molecule has 2 N–H and O–H groups in total. The Hall–Kier alpha value is -0.120. The summed E-state index contributed by atoms with van der Waals surface area (Å²) in [5.41, 5.74) is 3.44. The Morgan fingerprint density at radius 2 is 1.62 bits per heavy atom. The quantitative estimate of drug-likeness (QED) is 0.640. The third kappa shape index (κ3) is 3.25. The molecule has 0 unspecified atom stereocenters. The van der Waals surface area contributed by atoms with E-state index in [9.17, 15) is 0 Å². The van der Waals surface area contributed by atoms with Crippen LogP contribution in [0.3, 0.4) is 0 Å². The zero-order chi connectivity index (χ0) is 10.1. The van der Waals surface area contributed by atoms with Gasteiger partial charge < -0.3 is 10.2 Å². The molecule has 0 aromatic carbocycles. The van der Waals surface area contributed by atoms with E-state index in [0.29, 0.717) is 6.04 Å². The van der Waals surface area contributed by atoms with Gasteiger partial charge in [-0.05, 0) is 40.5 Å². The van der Waals surface area contributed by atoms with Crippen LogP contribution in [0.5, 0.6) is 0 Å². The Bertz CT molecular complexity index is 162. The predicted molar refractivity (Wildman–Crippen MR) is 54.5 cm³/mol. The van der Waals surface area contributed by atoms with Crippen molar-refractivity contribution in [2.45, 2.75) is 57.7 Å². The van der Waals surface area contributed by atoms with Gasteiger partial charge in [0.05, 0.1) is 7.11 Å². The molecule has 3 heteroatoms. The summed E-state index contributed by atoms with van der Waals surface area (Å²) in [6.07, 6.45) is 2.20. The van der Waals surface area contributed by atoms with E-state index >= 15 is 0 Å². The molecule has 0 spiro atoms. The summed E-state index contributed by atoms with van der Waals surface area (Å²) in [5, 5.41) is 3.62. The summed E-state index contributed by atoms with van der Waals surface area (Å²) in [6, 6.07) is 0.455. The van der Waals surface area contributed by atoms with Crippen LogP contribution in [0.15, 0.2) is 0 Å². The second-order valence-corrected chi connectivity index (χ2v) is 5.32. The fraction of sp³-hybridized carbons (Fsp3) is 1.00. The number of hydrogen-bond acceptors (Lipinski definition) is 3. The van der Waals surface area contributed by atoms with Crippen molar-refractivity contribution < 1.29 is 4.84 Å². The maximum atomic E-state index is 4.99. The van der Waals surface area contributed by atoms with Crippen LogP contribution in [0.4, 0.5) is 0 Å². The van der Waals surface area contributed by atoms with E-state index in [2.05, 4.69) is 38.5 Å². The van der Waals surface area contributed by atoms with Gasteiger partial charge in [0.1, 0.15) is 0 Å². The average molecular weight is 186 g/mol. The van der Waals surface area contributed by atoms with Gasteiger partial charge >= 0.3 is 0 Å². The van der Waals surface area contributed by atoms with E-state index in [-0.39, 0.29) is 11.1 Å². The van der Waals surface area contributed by atoms with E-state index in [0.717, 1.165) is 12.8 Å². The molecule has 0 aliphatic carbocycles. The highest BCUT2D eigenvalue weighted by Crippen LogP contribution is 2.28. The lowest BCUT2D eigenvalue weighted by atomic mass is 9.80. The SMILES string of the molecule is CONC1CC(C)(C)NC(C)(C)C1. The third-order valence-electron chi connectivity index (χ3n) is 2.47. The molecule has 0 bridgehead atoms. The van der Waals surface area contributed by atoms with Crippen molar-refractivity contribution in [1.29, 1.82) is 0 Å². The standard InChI is InChI=1S/C10H22N2O/c1-9(2)6-8(11-13-5)7-10(3,4)12-9/h8,11-12H,6-7H2,1-5H3. The van der Waals surface area contributed by atoms with Crippen LogP contribution < -0.4 is 10.8 Å². The summed E-state index contributed by atoms with van der Waals surface area (Å²) >= 11 is 0. The number of hydrogen-bond donors (Lipinski definition) is 2. The number of hydroxylamine groups is 1. The predicted octanol–water partition coefficient (Wildman–Crippen LogP) is 1.45. The first-order valence-corrected chi connectivity index (χ1v) is 4.92. The fourth-order valence-electron chi connectivity index (χ4n) is 2.57.